The zero-order chi connectivity index (χ0) is 19.6. The number of hydrogen-bond acceptors (Lipinski definition) is 4. The van der Waals surface area contributed by atoms with Crippen molar-refractivity contribution in [2.24, 2.45) is 0 Å². The van der Waals surface area contributed by atoms with Crippen molar-refractivity contribution in [3.05, 3.63) is 59.9 Å². The number of hydrogen-bond donors (Lipinski definition) is 2. The Kier molecular flexibility index (Phi) is 7.61. The van der Waals surface area contributed by atoms with Gasteiger partial charge in [-0.15, -0.1) is 0 Å². The zero-order valence-corrected chi connectivity index (χ0v) is 15.0. The van der Waals surface area contributed by atoms with Crippen LogP contribution in [0.1, 0.15) is 18.9 Å². The van der Waals surface area contributed by atoms with Gasteiger partial charge in [-0.05, 0) is 48.4 Å². The van der Waals surface area contributed by atoms with Gasteiger partial charge in [0.05, 0.1) is 19.6 Å². The molecule has 0 aliphatic heterocycles. The van der Waals surface area contributed by atoms with Gasteiger partial charge in [-0.1, -0.05) is 19.1 Å². The molecule has 0 fully saturated rings. The summed E-state index contributed by atoms with van der Waals surface area (Å²) >= 11 is 0. The summed E-state index contributed by atoms with van der Waals surface area (Å²) in [6.45, 7) is 2.39. The van der Waals surface area contributed by atoms with Crippen molar-refractivity contribution < 1.29 is 28.6 Å². The van der Waals surface area contributed by atoms with Crippen molar-refractivity contribution in [2.45, 2.75) is 25.9 Å². The van der Waals surface area contributed by atoms with E-state index in [4.69, 9.17) is 9.47 Å². The van der Waals surface area contributed by atoms with Crippen molar-refractivity contribution in [1.82, 2.24) is 5.32 Å². The molecule has 2 aromatic rings. The third kappa shape index (κ3) is 6.97. The largest absolute Gasteiger partial charge is 0.494 e. The van der Waals surface area contributed by atoms with Crippen molar-refractivity contribution in [3.63, 3.8) is 0 Å². The number of carbonyl (C=O) groups excluding carboxylic acids is 1. The van der Waals surface area contributed by atoms with E-state index in [0.717, 1.165) is 12.0 Å². The van der Waals surface area contributed by atoms with E-state index in [1.165, 1.54) is 24.3 Å². The van der Waals surface area contributed by atoms with Gasteiger partial charge < -0.3 is 19.9 Å². The predicted octanol–water partition coefficient (Wildman–Crippen LogP) is 2.81. The summed E-state index contributed by atoms with van der Waals surface area (Å²) in [5.74, 6) is -1.12. The van der Waals surface area contributed by atoms with Crippen LogP contribution in [0.15, 0.2) is 48.5 Å². The number of halogens is 1. The average Bonchev–Trinajstić information content (AvgIpc) is 2.65. The number of nitrogens with one attached hydrogen (secondary N) is 1. The first-order valence-electron chi connectivity index (χ1n) is 8.61. The van der Waals surface area contributed by atoms with Crippen LogP contribution in [-0.2, 0) is 16.0 Å². The minimum atomic E-state index is -1.28. The molecule has 6 nitrogen and oxygen atoms in total. The first kappa shape index (κ1) is 20.2. The summed E-state index contributed by atoms with van der Waals surface area (Å²) in [6.07, 6.45) is -0.305. The molecule has 2 rings (SSSR count). The van der Waals surface area contributed by atoms with Crippen LogP contribution in [0.3, 0.4) is 0 Å². The smallest absolute Gasteiger partial charge is 0.346 e. The number of amides is 1. The molecular weight excluding hydrogens is 353 g/mol. The Morgan fingerprint density at radius 3 is 2.56 bits per heavy atom. The van der Waals surface area contributed by atoms with Crippen LogP contribution in [0, 0.1) is 5.82 Å². The van der Waals surface area contributed by atoms with Crippen LogP contribution < -0.4 is 14.8 Å². The fraction of sp³-hybridized carbons (Fsp3) is 0.300. The molecule has 1 unspecified atom stereocenters. The number of benzene rings is 2. The van der Waals surface area contributed by atoms with E-state index < -0.39 is 17.9 Å². The van der Waals surface area contributed by atoms with E-state index in [-0.39, 0.29) is 24.6 Å². The molecule has 0 aliphatic carbocycles. The minimum absolute atomic E-state index is 0.0895. The SMILES string of the molecule is CCCOc1cccc(CC(=O)NCC(Oc2ccc(F)cc2)C(=O)O)c1. The van der Waals surface area contributed by atoms with Gasteiger partial charge in [-0.25, -0.2) is 9.18 Å². The molecule has 0 radical (unpaired) electrons. The summed E-state index contributed by atoms with van der Waals surface area (Å²) < 4.78 is 23.7. The van der Waals surface area contributed by atoms with E-state index in [2.05, 4.69) is 5.32 Å². The molecule has 144 valence electrons. The highest BCUT2D eigenvalue weighted by molar-refractivity contribution is 5.80. The van der Waals surface area contributed by atoms with E-state index >= 15 is 0 Å². The molecule has 0 saturated carbocycles. The Hall–Kier alpha value is -3.09. The summed E-state index contributed by atoms with van der Waals surface area (Å²) in [6, 6.07) is 12.2. The van der Waals surface area contributed by atoms with Gasteiger partial charge in [0.1, 0.15) is 17.3 Å². The molecule has 0 aliphatic rings. The number of carbonyl (C=O) groups is 2. The fourth-order valence-electron chi connectivity index (χ4n) is 2.28. The highest BCUT2D eigenvalue weighted by atomic mass is 19.1. The maximum atomic E-state index is 12.9. The summed E-state index contributed by atoms with van der Waals surface area (Å²) in [5.41, 5.74) is 0.757. The number of ether oxygens (including phenoxy) is 2. The second kappa shape index (κ2) is 10.2. The monoisotopic (exact) mass is 375 g/mol. The Balaban J connectivity index is 1.88. The summed E-state index contributed by atoms with van der Waals surface area (Å²) in [7, 11) is 0. The van der Waals surface area contributed by atoms with E-state index in [9.17, 15) is 19.1 Å². The number of rotatable bonds is 10. The summed E-state index contributed by atoms with van der Waals surface area (Å²) in [5, 5.41) is 11.8. The van der Waals surface area contributed by atoms with Crippen LogP contribution in [0.5, 0.6) is 11.5 Å². The normalized spacial score (nSPS) is 11.5. The molecule has 2 aromatic carbocycles. The van der Waals surface area contributed by atoms with Crippen LogP contribution >= 0.6 is 0 Å². The van der Waals surface area contributed by atoms with Crippen LogP contribution in [-0.4, -0.2) is 36.2 Å². The molecule has 1 atom stereocenters. The quantitative estimate of drug-likeness (QED) is 0.667. The molecule has 0 spiro atoms. The van der Waals surface area contributed by atoms with Gasteiger partial charge >= 0.3 is 5.97 Å². The van der Waals surface area contributed by atoms with E-state index in [1.807, 2.05) is 13.0 Å². The van der Waals surface area contributed by atoms with Crippen LogP contribution in [0.4, 0.5) is 4.39 Å². The minimum Gasteiger partial charge on any atom is -0.494 e. The highest BCUT2D eigenvalue weighted by Crippen LogP contribution is 2.15. The van der Waals surface area contributed by atoms with Crippen LogP contribution in [0.25, 0.3) is 0 Å². The first-order chi connectivity index (χ1) is 13.0. The van der Waals surface area contributed by atoms with Gasteiger partial charge in [0.15, 0.2) is 0 Å². The lowest BCUT2D eigenvalue weighted by atomic mass is 10.1. The highest BCUT2D eigenvalue weighted by Gasteiger charge is 2.20. The fourth-order valence-corrected chi connectivity index (χ4v) is 2.28. The molecule has 0 heterocycles. The third-order valence-electron chi connectivity index (χ3n) is 3.59. The maximum absolute atomic E-state index is 12.9. The van der Waals surface area contributed by atoms with Crippen molar-refractivity contribution in [3.8, 4) is 11.5 Å². The lowest BCUT2D eigenvalue weighted by molar-refractivity contribution is -0.145. The molecule has 27 heavy (non-hydrogen) atoms. The second-order valence-electron chi connectivity index (χ2n) is 5.88. The van der Waals surface area contributed by atoms with E-state index in [0.29, 0.717) is 12.4 Å². The molecule has 7 heteroatoms. The van der Waals surface area contributed by atoms with Crippen molar-refractivity contribution in [1.29, 1.82) is 0 Å². The lowest BCUT2D eigenvalue weighted by Gasteiger charge is -2.16. The van der Waals surface area contributed by atoms with Crippen LogP contribution in [0.2, 0.25) is 0 Å². The summed E-state index contributed by atoms with van der Waals surface area (Å²) in [4.78, 5) is 23.4. The Morgan fingerprint density at radius 1 is 1.15 bits per heavy atom. The zero-order valence-electron chi connectivity index (χ0n) is 15.0. The van der Waals surface area contributed by atoms with Crippen molar-refractivity contribution >= 4 is 11.9 Å². The van der Waals surface area contributed by atoms with Crippen molar-refractivity contribution in [2.75, 3.05) is 13.2 Å². The third-order valence-corrected chi connectivity index (χ3v) is 3.59. The van der Waals surface area contributed by atoms with Gasteiger partial charge in [-0.2, -0.15) is 0 Å². The van der Waals surface area contributed by atoms with Gasteiger partial charge in [-0.3, -0.25) is 4.79 Å². The number of carboxylic acid groups (broad SMARTS) is 1. The number of carboxylic acids is 1. The van der Waals surface area contributed by atoms with E-state index in [1.54, 1.807) is 18.2 Å². The lowest BCUT2D eigenvalue weighted by Crippen LogP contribution is -2.40. The molecule has 0 aromatic heterocycles. The van der Waals surface area contributed by atoms with Gasteiger partial charge in [0, 0.05) is 0 Å². The van der Waals surface area contributed by atoms with Gasteiger partial charge in [0.25, 0.3) is 0 Å². The number of aliphatic carboxylic acids is 1. The second-order valence-corrected chi connectivity index (χ2v) is 5.88. The Morgan fingerprint density at radius 2 is 1.89 bits per heavy atom. The Labute approximate surface area is 156 Å². The maximum Gasteiger partial charge on any atom is 0.346 e. The average molecular weight is 375 g/mol. The van der Waals surface area contributed by atoms with Gasteiger partial charge in [0.2, 0.25) is 12.0 Å². The molecule has 1 amide bonds. The standard InChI is InChI=1S/C20H22FNO5/c1-2-10-26-17-5-3-4-14(11-17)12-19(23)22-13-18(20(24)25)27-16-8-6-15(21)7-9-16/h3-9,11,18H,2,10,12-13H2,1H3,(H,22,23)(H,24,25). The molecule has 2 N–H and O–H groups in total. The molecule has 0 bridgehead atoms. The Bertz CT molecular complexity index is 763. The molecule has 0 saturated heterocycles. The molecular formula is C20H22FNO5. The first-order valence-corrected chi connectivity index (χ1v) is 8.61. The predicted molar refractivity (Wildman–Crippen MR) is 97.4 cm³/mol. The topological polar surface area (TPSA) is 84.9 Å².